The van der Waals surface area contributed by atoms with Crippen molar-refractivity contribution in [2.24, 2.45) is 0 Å². The molecule has 0 unspecified atom stereocenters. The predicted octanol–water partition coefficient (Wildman–Crippen LogP) is 10.4. The highest BCUT2D eigenvalue weighted by molar-refractivity contribution is 4.97. The number of hydrogen-bond acceptors (Lipinski definition) is 0. The van der Waals surface area contributed by atoms with E-state index in [4.69, 9.17) is 0 Å². The second kappa shape index (κ2) is 26.6. The van der Waals surface area contributed by atoms with Crippen molar-refractivity contribution in [3.8, 4) is 11.8 Å². The van der Waals surface area contributed by atoms with E-state index in [1.165, 1.54) is 141 Å². The predicted molar refractivity (Wildman–Crippen MR) is 130 cm³/mol. The minimum atomic E-state index is 1.01. The molecule has 0 aromatic heterocycles. The largest absolute Gasteiger partial charge is 0.104 e. The van der Waals surface area contributed by atoms with E-state index in [1.54, 1.807) is 0 Å². The molecule has 0 nitrogen and oxygen atoms in total. The first-order chi connectivity index (χ1) is 13.9. The van der Waals surface area contributed by atoms with Crippen LogP contribution in [0.2, 0.25) is 0 Å². The number of rotatable bonds is 22. The zero-order valence-electron chi connectivity index (χ0n) is 20.0. The number of unbranched alkanes of at least 4 members (excludes halogenated alkanes) is 22. The van der Waals surface area contributed by atoms with Crippen molar-refractivity contribution in [1.29, 1.82) is 0 Å². The summed E-state index contributed by atoms with van der Waals surface area (Å²) in [6.45, 7) is 4.43. The van der Waals surface area contributed by atoms with Crippen LogP contribution in [0.3, 0.4) is 0 Å². The summed E-state index contributed by atoms with van der Waals surface area (Å²) in [4.78, 5) is 0. The molecule has 0 atom stereocenters. The summed E-state index contributed by atoms with van der Waals surface area (Å²) >= 11 is 0. The molecule has 0 aliphatic carbocycles. The Kier molecular flexibility index (Phi) is 26.1. The summed E-state index contributed by atoms with van der Waals surface area (Å²) in [6, 6.07) is 0. The van der Waals surface area contributed by atoms with E-state index in [1.807, 2.05) is 0 Å². The van der Waals surface area contributed by atoms with Gasteiger partial charge in [0.15, 0.2) is 0 Å². The zero-order valence-corrected chi connectivity index (χ0v) is 20.0. The fourth-order valence-corrected chi connectivity index (χ4v) is 4.04. The Morgan fingerprint density at radius 2 is 0.607 bits per heavy atom. The fraction of sp³-hybridized carbons (Fsp3) is 0.929. The van der Waals surface area contributed by atoms with E-state index in [0.717, 1.165) is 12.8 Å². The van der Waals surface area contributed by atoms with Gasteiger partial charge in [-0.3, -0.25) is 0 Å². The maximum atomic E-state index is 3.25. The SMILES string of the molecule is CCC#CCCCCCCCCCCCCCCCCCCCCCCCC. The maximum Gasteiger partial charge on any atom is 0.00886 e. The Balaban J connectivity index is 2.99. The first-order valence-corrected chi connectivity index (χ1v) is 13.4. The van der Waals surface area contributed by atoms with Crippen molar-refractivity contribution in [3.05, 3.63) is 0 Å². The highest BCUT2D eigenvalue weighted by Crippen LogP contribution is 2.15. The summed E-state index contributed by atoms with van der Waals surface area (Å²) in [7, 11) is 0. The third-order valence-corrected chi connectivity index (χ3v) is 5.96. The molecular formula is C28H54. The van der Waals surface area contributed by atoms with Gasteiger partial charge in [-0.2, -0.15) is 0 Å². The average Bonchev–Trinajstić information content (AvgIpc) is 2.71. The molecule has 0 aliphatic heterocycles. The van der Waals surface area contributed by atoms with Gasteiger partial charge in [-0.1, -0.05) is 149 Å². The van der Waals surface area contributed by atoms with Crippen LogP contribution in [0, 0.1) is 11.8 Å². The van der Waals surface area contributed by atoms with Crippen molar-refractivity contribution in [1.82, 2.24) is 0 Å². The van der Waals surface area contributed by atoms with Crippen molar-refractivity contribution >= 4 is 0 Å². The van der Waals surface area contributed by atoms with Crippen LogP contribution in [0.4, 0.5) is 0 Å². The van der Waals surface area contributed by atoms with Gasteiger partial charge in [0.2, 0.25) is 0 Å². The molecule has 0 heteroatoms. The molecule has 28 heavy (non-hydrogen) atoms. The molecule has 0 N–H and O–H groups in total. The fourth-order valence-electron chi connectivity index (χ4n) is 4.04. The maximum absolute atomic E-state index is 3.25. The Labute approximate surface area is 180 Å². The van der Waals surface area contributed by atoms with E-state index >= 15 is 0 Å². The molecular weight excluding hydrogens is 336 g/mol. The van der Waals surface area contributed by atoms with Crippen LogP contribution in [0.1, 0.15) is 168 Å². The van der Waals surface area contributed by atoms with Gasteiger partial charge >= 0.3 is 0 Å². The molecule has 166 valence electrons. The minimum absolute atomic E-state index is 1.01. The van der Waals surface area contributed by atoms with Gasteiger partial charge in [-0.15, -0.1) is 11.8 Å². The van der Waals surface area contributed by atoms with E-state index in [9.17, 15) is 0 Å². The lowest BCUT2D eigenvalue weighted by molar-refractivity contribution is 0.519. The first kappa shape index (κ1) is 27.6. The van der Waals surface area contributed by atoms with E-state index in [-0.39, 0.29) is 0 Å². The van der Waals surface area contributed by atoms with E-state index in [2.05, 4.69) is 25.7 Å². The molecule has 0 aromatic carbocycles. The lowest BCUT2D eigenvalue weighted by atomic mass is 10.0. The summed E-state index contributed by atoms with van der Waals surface area (Å²) in [5.74, 6) is 6.41. The molecule has 0 saturated carbocycles. The van der Waals surface area contributed by atoms with Gasteiger partial charge in [0, 0.05) is 12.8 Å². The molecule has 0 radical (unpaired) electrons. The summed E-state index contributed by atoms with van der Waals surface area (Å²) in [5, 5.41) is 0. The average molecular weight is 391 g/mol. The Morgan fingerprint density at radius 1 is 0.321 bits per heavy atom. The van der Waals surface area contributed by atoms with Crippen molar-refractivity contribution in [3.63, 3.8) is 0 Å². The minimum Gasteiger partial charge on any atom is -0.104 e. The van der Waals surface area contributed by atoms with Crippen LogP contribution < -0.4 is 0 Å². The molecule has 0 bridgehead atoms. The highest BCUT2D eigenvalue weighted by atomic mass is 14.0. The molecule has 0 spiro atoms. The smallest absolute Gasteiger partial charge is 0.00886 e. The van der Waals surface area contributed by atoms with Crippen LogP contribution in [-0.2, 0) is 0 Å². The van der Waals surface area contributed by atoms with Gasteiger partial charge in [0.05, 0.1) is 0 Å². The van der Waals surface area contributed by atoms with E-state index < -0.39 is 0 Å². The van der Waals surface area contributed by atoms with Crippen LogP contribution >= 0.6 is 0 Å². The second-order valence-corrected chi connectivity index (χ2v) is 8.88. The van der Waals surface area contributed by atoms with Crippen LogP contribution in [0.15, 0.2) is 0 Å². The molecule has 0 fully saturated rings. The van der Waals surface area contributed by atoms with Crippen molar-refractivity contribution in [2.45, 2.75) is 168 Å². The van der Waals surface area contributed by atoms with Gasteiger partial charge in [-0.25, -0.2) is 0 Å². The summed E-state index contributed by atoms with van der Waals surface area (Å²) < 4.78 is 0. The van der Waals surface area contributed by atoms with Crippen LogP contribution in [0.25, 0.3) is 0 Å². The lowest BCUT2D eigenvalue weighted by Gasteiger charge is -2.04. The third-order valence-electron chi connectivity index (χ3n) is 5.96. The standard InChI is InChI=1S/C28H54/c1-3-5-7-9-11-13-15-17-19-21-23-25-27-28-26-24-22-20-18-16-14-12-10-8-6-4-2/h3-5,7,9-28H2,1-2H3. The van der Waals surface area contributed by atoms with Crippen LogP contribution in [0.5, 0.6) is 0 Å². The molecule has 0 amide bonds. The van der Waals surface area contributed by atoms with Crippen molar-refractivity contribution in [2.75, 3.05) is 0 Å². The zero-order chi connectivity index (χ0) is 20.4. The highest BCUT2D eigenvalue weighted by Gasteiger charge is 1.95. The van der Waals surface area contributed by atoms with Gasteiger partial charge in [0.25, 0.3) is 0 Å². The van der Waals surface area contributed by atoms with Gasteiger partial charge < -0.3 is 0 Å². The molecule has 0 rings (SSSR count). The Hall–Kier alpha value is -0.440. The Morgan fingerprint density at radius 3 is 0.893 bits per heavy atom. The van der Waals surface area contributed by atoms with Crippen LogP contribution in [-0.4, -0.2) is 0 Å². The summed E-state index contributed by atoms with van der Waals surface area (Å²) in [5.41, 5.74) is 0. The monoisotopic (exact) mass is 390 g/mol. The summed E-state index contributed by atoms with van der Waals surface area (Å²) in [6.07, 6.45) is 34.2. The topological polar surface area (TPSA) is 0 Å². The van der Waals surface area contributed by atoms with Gasteiger partial charge in [-0.05, 0) is 6.42 Å². The molecule has 0 aromatic rings. The normalized spacial score (nSPS) is 10.8. The Bertz CT molecular complexity index is 319. The van der Waals surface area contributed by atoms with E-state index in [0.29, 0.717) is 0 Å². The number of hydrogen-bond donors (Lipinski definition) is 0. The molecule has 0 heterocycles. The quantitative estimate of drug-likeness (QED) is 0.127. The molecule has 0 saturated heterocycles. The third kappa shape index (κ3) is 25.6. The van der Waals surface area contributed by atoms with Crippen molar-refractivity contribution < 1.29 is 0 Å². The second-order valence-electron chi connectivity index (χ2n) is 8.88. The lowest BCUT2D eigenvalue weighted by Crippen LogP contribution is -1.84. The first-order valence-electron chi connectivity index (χ1n) is 13.4. The molecule has 0 aliphatic rings. The van der Waals surface area contributed by atoms with Gasteiger partial charge in [0.1, 0.15) is 0 Å².